The maximum Gasteiger partial charge on any atom is 0.257 e. The normalized spacial score (nSPS) is 21.6. The van der Waals surface area contributed by atoms with Crippen LogP contribution in [0.4, 0.5) is 0 Å². The smallest absolute Gasteiger partial charge is 0.257 e. The van der Waals surface area contributed by atoms with Crippen LogP contribution in [-0.4, -0.2) is 37.0 Å². The van der Waals surface area contributed by atoms with E-state index in [0.717, 1.165) is 10.9 Å². The summed E-state index contributed by atoms with van der Waals surface area (Å²) in [6, 6.07) is 5.61. The molecule has 1 fully saturated rings. The molecular formula is C15H21BrN2O2. The van der Waals surface area contributed by atoms with Gasteiger partial charge in [0.2, 0.25) is 0 Å². The molecule has 0 aromatic heterocycles. The fourth-order valence-corrected chi connectivity index (χ4v) is 2.90. The summed E-state index contributed by atoms with van der Waals surface area (Å²) >= 11 is 3.39. The van der Waals surface area contributed by atoms with Gasteiger partial charge in [0.05, 0.1) is 12.7 Å². The maximum atomic E-state index is 12.7. The number of benzene rings is 1. The summed E-state index contributed by atoms with van der Waals surface area (Å²) in [7, 11) is 1.58. The summed E-state index contributed by atoms with van der Waals surface area (Å²) in [6.45, 7) is 5.58. The monoisotopic (exact) mass is 340 g/mol. The van der Waals surface area contributed by atoms with Gasteiger partial charge in [0.1, 0.15) is 5.75 Å². The first-order valence-corrected chi connectivity index (χ1v) is 7.53. The lowest BCUT2D eigenvalue weighted by Gasteiger charge is -2.42. The molecule has 0 radical (unpaired) electrons. The Morgan fingerprint density at radius 3 is 2.80 bits per heavy atom. The van der Waals surface area contributed by atoms with E-state index in [-0.39, 0.29) is 17.4 Å². The number of carbonyl (C=O) groups is 1. The molecule has 1 aliphatic rings. The van der Waals surface area contributed by atoms with Crippen LogP contribution in [0.5, 0.6) is 5.75 Å². The Bertz CT molecular complexity index is 517. The highest BCUT2D eigenvalue weighted by Gasteiger charge is 2.36. The van der Waals surface area contributed by atoms with Crippen LogP contribution >= 0.6 is 15.9 Å². The second-order valence-electron chi connectivity index (χ2n) is 5.96. The molecule has 1 heterocycles. The highest BCUT2D eigenvalue weighted by molar-refractivity contribution is 9.10. The minimum atomic E-state index is -0.0590. The van der Waals surface area contributed by atoms with Crippen LogP contribution in [0.25, 0.3) is 0 Å². The zero-order valence-electron chi connectivity index (χ0n) is 12.1. The molecule has 1 atom stereocenters. The Hall–Kier alpha value is -1.07. The first kappa shape index (κ1) is 15.3. The summed E-state index contributed by atoms with van der Waals surface area (Å²) in [6.07, 6.45) is 0.831. The molecule has 110 valence electrons. The zero-order chi connectivity index (χ0) is 14.9. The van der Waals surface area contributed by atoms with Gasteiger partial charge in [-0.1, -0.05) is 29.8 Å². The van der Waals surface area contributed by atoms with Crippen LogP contribution in [0, 0.1) is 5.41 Å². The van der Waals surface area contributed by atoms with Crippen molar-refractivity contribution < 1.29 is 9.53 Å². The number of nitrogens with zero attached hydrogens (tertiary/aromatic N) is 1. The number of halogens is 1. The predicted molar refractivity (Wildman–Crippen MR) is 83.0 cm³/mol. The van der Waals surface area contributed by atoms with Gasteiger partial charge in [-0.2, -0.15) is 0 Å². The van der Waals surface area contributed by atoms with Crippen molar-refractivity contribution in [3.05, 3.63) is 28.2 Å². The molecule has 1 unspecified atom stereocenters. The predicted octanol–water partition coefficient (Wildman–Crippen LogP) is 2.66. The molecule has 1 amide bonds. The Morgan fingerprint density at radius 2 is 2.20 bits per heavy atom. The molecule has 4 nitrogen and oxygen atoms in total. The van der Waals surface area contributed by atoms with Crippen LogP contribution in [0.1, 0.15) is 30.6 Å². The number of ether oxygens (including phenoxy) is 1. The molecule has 1 aromatic rings. The third-order valence-electron chi connectivity index (χ3n) is 3.99. The van der Waals surface area contributed by atoms with E-state index in [4.69, 9.17) is 10.5 Å². The van der Waals surface area contributed by atoms with Crippen molar-refractivity contribution in [2.75, 3.05) is 20.2 Å². The van der Waals surface area contributed by atoms with E-state index in [1.165, 1.54) is 0 Å². The second kappa shape index (κ2) is 5.74. The highest BCUT2D eigenvalue weighted by Crippen LogP contribution is 2.31. The standard InChI is InChI=1S/C15H21BrN2O2/c1-15(2)9-18(7-6-13(15)17)14(19)11-5-4-10(16)8-12(11)20-3/h4-5,8,13H,6-7,9,17H2,1-3H3. The Balaban J connectivity index is 2.24. The lowest BCUT2D eigenvalue weighted by Crippen LogP contribution is -2.54. The molecule has 0 bridgehead atoms. The lowest BCUT2D eigenvalue weighted by molar-refractivity contribution is 0.0530. The van der Waals surface area contributed by atoms with Gasteiger partial charge in [-0.3, -0.25) is 4.79 Å². The van der Waals surface area contributed by atoms with Crippen LogP contribution in [-0.2, 0) is 0 Å². The maximum absolute atomic E-state index is 12.7. The van der Waals surface area contributed by atoms with E-state index in [9.17, 15) is 4.79 Å². The van der Waals surface area contributed by atoms with Crippen molar-refractivity contribution in [3.8, 4) is 5.75 Å². The van der Waals surface area contributed by atoms with Gasteiger partial charge in [-0.15, -0.1) is 0 Å². The summed E-state index contributed by atoms with van der Waals surface area (Å²) < 4.78 is 6.20. The molecule has 20 heavy (non-hydrogen) atoms. The SMILES string of the molecule is COc1cc(Br)ccc1C(=O)N1CCC(N)C(C)(C)C1. The number of nitrogens with two attached hydrogens (primary N) is 1. The lowest BCUT2D eigenvalue weighted by atomic mass is 9.79. The molecule has 2 N–H and O–H groups in total. The van der Waals surface area contributed by atoms with Crippen molar-refractivity contribution >= 4 is 21.8 Å². The Labute approximate surface area is 128 Å². The molecule has 1 saturated heterocycles. The molecule has 5 heteroatoms. The van der Waals surface area contributed by atoms with Crippen molar-refractivity contribution in [2.45, 2.75) is 26.3 Å². The van der Waals surface area contributed by atoms with Crippen LogP contribution < -0.4 is 10.5 Å². The largest absolute Gasteiger partial charge is 0.496 e. The number of likely N-dealkylation sites (tertiary alicyclic amines) is 1. The summed E-state index contributed by atoms with van der Waals surface area (Å²) in [4.78, 5) is 14.5. The summed E-state index contributed by atoms with van der Waals surface area (Å²) in [5.41, 5.74) is 6.66. The number of piperidine rings is 1. The molecule has 0 aliphatic carbocycles. The average Bonchev–Trinajstić information content (AvgIpc) is 2.40. The fourth-order valence-electron chi connectivity index (χ4n) is 2.56. The molecule has 0 saturated carbocycles. The van der Waals surface area contributed by atoms with Crippen LogP contribution in [0.3, 0.4) is 0 Å². The topological polar surface area (TPSA) is 55.6 Å². The minimum Gasteiger partial charge on any atom is -0.496 e. The van der Waals surface area contributed by atoms with E-state index in [0.29, 0.717) is 24.4 Å². The quantitative estimate of drug-likeness (QED) is 0.900. The zero-order valence-corrected chi connectivity index (χ0v) is 13.7. The van der Waals surface area contributed by atoms with Crippen molar-refractivity contribution in [1.82, 2.24) is 4.90 Å². The molecule has 2 rings (SSSR count). The van der Waals surface area contributed by atoms with E-state index in [1.54, 1.807) is 13.2 Å². The number of hydrogen-bond acceptors (Lipinski definition) is 3. The minimum absolute atomic E-state index is 0.00863. The van der Waals surface area contributed by atoms with E-state index < -0.39 is 0 Å². The Morgan fingerprint density at radius 1 is 1.50 bits per heavy atom. The van der Waals surface area contributed by atoms with Gasteiger partial charge in [0.25, 0.3) is 5.91 Å². The van der Waals surface area contributed by atoms with Crippen molar-refractivity contribution in [2.24, 2.45) is 11.1 Å². The molecular weight excluding hydrogens is 320 g/mol. The van der Waals surface area contributed by atoms with Gasteiger partial charge < -0.3 is 15.4 Å². The number of methoxy groups -OCH3 is 1. The summed E-state index contributed by atoms with van der Waals surface area (Å²) in [5.74, 6) is 0.603. The second-order valence-corrected chi connectivity index (χ2v) is 6.87. The average molecular weight is 341 g/mol. The first-order chi connectivity index (χ1) is 9.35. The fraction of sp³-hybridized carbons (Fsp3) is 0.533. The van der Waals surface area contributed by atoms with Crippen LogP contribution in [0.15, 0.2) is 22.7 Å². The summed E-state index contributed by atoms with van der Waals surface area (Å²) in [5, 5.41) is 0. The van der Waals surface area contributed by atoms with Gasteiger partial charge in [-0.25, -0.2) is 0 Å². The van der Waals surface area contributed by atoms with Crippen LogP contribution in [0.2, 0.25) is 0 Å². The van der Waals surface area contributed by atoms with Gasteiger partial charge in [-0.05, 0) is 30.0 Å². The van der Waals surface area contributed by atoms with E-state index in [2.05, 4.69) is 29.8 Å². The third-order valence-corrected chi connectivity index (χ3v) is 4.49. The highest BCUT2D eigenvalue weighted by atomic mass is 79.9. The van der Waals surface area contributed by atoms with E-state index in [1.807, 2.05) is 17.0 Å². The first-order valence-electron chi connectivity index (χ1n) is 6.73. The van der Waals surface area contributed by atoms with Crippen molar-refractivity contribution in [3.63, 3.8) is 0 Å². The number of carbonyl (C=O) groups excluding carboxylic acids is 1. The van der Waals surface area contributed by atoms with E-state index >= 15 is 0 Å². The van der Waals surface area contributed by atoms with Gasteiger partial charge >= 0.3 is 0 Å². The molecule has 1 aliphatic heterocycles. The third kappa shape index (κ3) is 2.99. The molecule has 1 aromatic carbocycles. The molecule has 0 spiro atoms. The van der Waals surface area contributed by atoms with Gasteiger partial charge in [0, 0.05) is 23.6 Å². The van der Waals surface area contributed by atoms with Crippen molar-refractivity contribution in [1.29, 1.82) is 0 Å². The Kier molecular flexibility index (Phi) is 4.39. The number of amides is 1. The number of hydrogen-bond donors (Lipinski definition) is 1. The number of rotatable bonds is 2. The van der Waals surface area contributed by atoms with Gasteiger partial charge in [0.15, 0.2) is 0 Å².